The number of nitrogen functional groups attached to an aromatic ring is 1. The van der Waals surface area contributed by atoms with Crippen LogP contribution in [0.25, 0.3) is 11.4 Å². The molecule has 0 saturated carbocycles. The van der Waals surface area contributed by atoms with Gasteiger partial charge < -0.3 is 24.8 Å². The van der Waals surface area contributed by atoms with Crippen LogP contribution in [0.5, 0.6) is 23.0 Å². The molecule has 0 amide bonds. The molecule has 2 aromatic carbocycles. The normalized spacial score (nSPS) is 10.5. The standard InChI is InChI=1S/C20H22N4O5S/c1-26-14-7-5-12(6-8-14)15(25)11-30-20-23-22-19(24(20)21)13-9-16(27-2)18(29-4)17(10-13)28-3/h5-10H,11,21H2,1-4H3. The molecule has 10 heteroatoms. The van der Waals surface area contributed by atoms with E-state index in [9.17, 15) is 4.79 Å². The van der Waals surface area contributed by atoms with E-state index in [1.54, 1.807) is 43.5 Å². The first kappa shape index (κ1) is 21.3. The number of ketones is 1. The number of Topliss-reactive ketones (excluding diaryl/α,β-unsaturated/α-hetero) is 1. The lowest BCUT2D eigenvalue weighted by Crippen LogP contribution is -2.13. The number of hydrogen-bond donors (Lipinski definition) is 1. The van der Waals surface area contributed by atoms with E-state index in [1.165, 1.54) is 37.8 Å². The first-order valence-corrected chi connectivity index (χ1v) is 9.81. The highest BCUT2D eigenvalue weighted by atomic mass is 32.2. The molecular weight excluding hydrogens is 408 g/mol. The average Bonchev–Trinajstić information content (AvgIpc) is 3.16. The lowest BCUT2D eigenvalue weighted by molar-refractivity contribution is 0.102. The number of aromatic nitrogens is 3. The first-order chi connectivity index (χ1) is 14.5. The third-order valence-corrected chi connectivity index (χ3v) is 5.27. The van der Waals surface area contributed by atoms with Gasteiger partial charge in [0, 0.05) is 11.1 Å². The third-order valence-electron chi connectivity index (χ3n) is 4.33. The zero-order valence-corrected chi connectivity index (χ0v) is 17.9. The quantitative estimate of drug-likeness (QED) is 0.311. The van der Waals surface area contributed by atoms with Crippen molar-refractivity contribution in [3.63, 3.8) is 0 Å². The molecule has 0 atom stereocenters. The predicted octanol–water partition coefficient (Wildman–Crippen LogP) is 2.67. The van der Waals surface area contributed by atoms with Crippen LogP contribution < -0.4 is 24.8 Å². The summed E-state index contributed by atoms with van der Waals surface area (Å²) in [6.45, 7) is 0. The van der Waals surface area contributed by atoms with Crippen LogP contribution in [0.3, 0.4) is 0 Å². The number of ether oxygens (including phenoxy) is 4. The summed E-state index contributed by atoms with van der Waals surface area (Å²) < 4.78 is 22.5. The second kappa shape index (κ2) is 9.40. The molecular formula is C20H22N4O5S. The third kappa shape index (κ3) is 4.28. The van der Waals surface area contributed by atoms with E-state index in [0.29, 0.717) is 45.1 Å². The maximum Gasteiger partial charge on any atom is 0.210 e. The zero-order chi connectivity index (χ0) is 21.7. The highest BCUT2D eigenvalue weighted by Gasteiger charge is 2.19. The minimum Gasteiger partial charge on any atom is -0.497 e. The van der Waals surface area contributed by atoms with Crippen molar-refractivity contribution in [1.82, 2.24) is 14.9 Å². The second-order valence-electron chi connectivity index (χ2n) is 6.03. The van der Waals surface area contributed by atoms with Crippen LogP contribution in [0.2, 0.25) is 0 Å². The summed E-state index contributed by atoms with van der Waals surface area (Å²) in [4.78, 5) is 12.4. The topological polar surface area (TPSA) is 111 Å². The van der Waals surface area contributed by atoms with E-state index in [-0.39, 0.29) is 11.5 Å². The van der Waals surface area contributed by atoms with Gasteiger partial charge in [0.15, 0.2) is 23.1 Å². The largest absolute Gasteiger partial charge is 0.497 e. The Bertz CT molecular complexity index is 1010. The van der Waals surface area contributed by atoms with Crippen LogP contribution in [0.4, 0.5) is 0 Å². The monoisotopic (exact) mass is 430 g/mol. The molecule has 30 heavy (non-hydrogen) atoms. The van der Waals surface area contributed by atoms with Crippen molar-refractivity contribution in [3.8, 4) is 34.4 Å². The first-order valence-electron chi connectivity index (χ1n) is 8.83. The second-order valence-corrected chi connectivity index (χ2v) is 6.97. The SMILES string of the molecule is COc1ccc(C(=O)CSc2nnc(-c3cc(OC)c(OC)c(OC)c3)n2N)cc1. The number of carbonyl (C=O) groups excluding carboxylic acids is 1. The van der Waals surface area contributed by atoms with E-state index < -0.39 is 0 Å². The van der Waals surface area contributed by atoms with Crippen LogP contribution in [-0.4, -0.2) is 54.8 Å². The molecule has 0 aliphatic rings. The number of carbonyl (C=O) groups is 1. The molecule has 0 fully saturated rings. The van der Waals surface area contributed by atoms with Crippen LogP contribution >= 0.6 is 11.8 Å². The van der Waals surface area contributed by atoms with Gasteiger partial charge in [-0.1, -0.05) is 11.8 Å². The maximum absolute atomic E-state index is 12.4. The minimum absolute atomic E-state index is 0.0556. The summed E-state index contributed by atoms with van der Waals surface area (Å²) in [5.74, 6) is 8.78. The maximum atomic E-state index is 12.4. The lowest BCUT2D eigenvalue weighted by atomic mass is 10.1. The van der Waals surface area contributed by atoms with Crippen molar-refractivity contribution in [3.05, 3.63) is 42.0 Å². The summed E-state index contributed by atoms with van der Waals surface area (Å²) in [5.41, 5.74) is 1.21. The van der Waals surface area contributed by atoms with Gasteiger partial charge >= 0.3 is 0 Å². The summed E-state index contributed by atoms with van der Waals surface area (Å²) in [6, 6.07) is 10.4. The molecule has 0 aliphatic carbocycles. The smallest absolute Gasteiger partial charge is 0.210 e. The number of thioether (sulfide) groups is 1. The minimum atomic E-state index is -0.0556. The molecule has 0 spiro atoms. The van der Waals surface area contributed by atoms with Crippen molar-refractivity contribution in [2.45, 2.75) is 5.16 Å². The van der Waals surface area contributed by atoms with Gasteiger partial charge in [0.1, 0.15) is 5.75 Å². The van der Waals surface area contributed by atoms with E-state index in [2.05, 4.69) is 10.2 Å². The van der Waals surface area contributed by atoms with E-state index in [1.807, 2.05) is 0 Å². The fourth-order valence-corrected chi connectivity index (χ4v) is 3.52. The summed E-state index contributed by atoms with van der Waals surface area (Å²) in [5, 5.41) is 8.66. The Hall–Kier alpha value is -3.40. The Morgan fingerprint density at radius 1 is 0.967 bits per heavy atom. The van der Waals surface area contributed by atoms with Crippen molar-refractivity contribution in [1.29, 1.82) is 0 Å². The number of methoxy groups -OCH3 is 4. The van der Waals surface area contributed by atoms with Gasteiger partial charge in [-0.05, 0) is 36.4 Å². The van der Waals surface area contributed by atoms with Gasteiger partial charge in [-0.3, -0.25) is 4.79 Å². The van der Waals surface area contributed by atoms with Crippen LogP contribution in [0.1, 0.15) is 10.4 Å². The predicted molar refractivity (Wildman–Crippen MR) is 113 cm³/mol. The van der Waals surface area contributed by atoms with Crippen LogP contribution in [0, 0.1) is 0 Å². The van der Waals surface area contributed by atoms with E-state index >= 15 is 0 Å². The number of hydrogen-bond acceptors (Lipinski definition) is 9. The summed E-state index contributed by atoms with van der Waals surface area (Å²) in [7, 11) is 6.16. The Balaban J connectivity index is 1.80. The number of nitrogens with two attached hydrogens (primary N) is 1. The number of nitrogens with zero attached hydrogens (tertiary/aromatic N) is 3. The van der Waals surface area contributed by atoms with Gasteiger partial charge in [0.2, 0.25) is 10.9 Å². The summed E-state index contributed by atoms with van der Waals surface area (Å²) >= 11 is 1.20. The molecule has 3 rings (SSSR count). The Morgan fingerprint density at radius 2 is 1.60 bits per heavy atom. The van der Waals surface area contributed by atoms with Gasteiger partial charge in [-0.2, -0.15) is 0 Å². The lowest BCUT2D eigenvalue weighted by Gasteiger charge is -2.13. The molecule has 0 aliphatic heterocycles. The van der Waals surface area contributed by atoms with Gasteiger partial charge in [-0.25, -0.2) is 4.68 Å². The molecule has 0 bridgehead atoms. The van der Waals surface area contributed by atoms with E-state index in [0.717, 1.165) is 0 Å². The Morgan fingerprint density at radius 3 is 2.13 bits per heavy atom. The highest BCUT2D eigenvalue weighted by Crippen LogP contribution is 2.40. The molecule has 158 valence electrons. The molecule has 3 aromatic rings. The molecule has 0 unspecified atom stereocenters. The molecule has 2 N–H and O–H groups in total. The fraction of sp³-hybridized carbons (Fsp3) is 0.250. The van der Waals surface area contributed by atoms with Crippen molar-refractivity contribution >= 4 is 17.5 Å². The van der Waals surface area contributed by atoms with Crippen molar-refractivity contribution < 1.29 is 23.7 Å². The van der Waals surface area contributed by atoms with Crippen LogP contribution in [-0.2, 0) is 0 Å². The molecule has 9 nitrogen and oxygen atoms in total. The van der Waals surface area contributed by atoms with Gasteiger partial charge in [-0.15, -0.1) is 10.2 Å². The molecule has 1 aromatic heterocycles. The fourth-order valence-electron chi connectivity index (χ4n) is 2.77. The van der Waals surface area contributed by atoms with Crippen molar-refractivity contribution in [2.24, 2.45) is 0 Å². The van der Waals surface area contributed by atoms with Crippen LogP contribution in [0.15, 0.2) is 41.6 Å². The Labute approximate surface area is 178 Å². The highest BCUT2D eigenvalue weighted by molar-refractivity contribution is 7.99. The van der Waals surface area contributed by atoms with Gasteiger partial charge in [0.25, 0.3) is 0 Å². The summed E-state index contributed by atoms with van der Waals surface area (Å²) in [6.07, 6.45) is 0. The van der Waals surface area contributed by atoms with Crippen molar-refractivity contribution in [2.75, 3.05) is 40.0 Å². The molecule has 0 saturated heterocycles. The Kier molecular flexibility index (Phi) is 6.68. The number of benzene rings is 2. The zero-order valence-electron chi connectivity index (χ0n) is 17.0. The van der Waals surface area contributed by atoms with E-state index in [4.69, 9.17) is 24.8 Å². The molecule has 1 heterocycles. The van der Waals surface area contributed by atoms with Gasteiger partial charge in [0.05, 0.1) is 34.2 Å². The average molecular weight is 430 g/mol. The number of rotatable bonds is 9. The molecule has 0 radical (unpaired) electrons.